The molecule has 0 aliphatic carbocycles. The minimum atomic E-state index is -0.365. The molecule has 1 atom stereocenters. The van der Waals surface area contributed by atoms with E-state index in [-0.39, 0.29) is 24.0 Å². The Kier molecular flexibility index (Phi) is 5.54. The van der Waals surface area contributed by atoms with Crippen LogP contribution in [0.2, 0.25) is 5.02 Å². The third kappa shape index (κ3) is 3.57. The second-order valence-electron chi connectivity index (χ2n) is 7.23. The number of amides is 1. The molecule has 0 bridgehead atoms. The largest absolute Gasteiger partial charge is 0.504 e. The van der Waals surface area contributed by atoms with E-state index >= 15 is 0 Å². The van der Waals surface area contributed by atoms with Gasteiger partial charge in [0.05, 0.1) is 36.3 Å². The van der Waals surface area contributed by atoms with Gasteiger partial charge in [0, 0.05) is 23.0 Å². The van der Waals surface area contributed by atoms with Crippen molar-refractivity contribution in [1.82, 2.24) is 4.90 Å². The molecule has 1 amide bonds. The van der Waals surface area contributed by atoms with Crippen molar-refractivity contribution >= 4 is 35.0 Å². The summed E-state index contributed by atoms with van der Waals surface area (Å²) in [6.07, 6.45) is 0.184. The minimum absolute atomic E-state index is 0.0237. The number of halogens is 1. The molecule has 2 aliphatic rings. The number of carbonyl (C=O) groups excluding carboxylic acids is 1. The lowest BCUT2D eigenvalue weighted by atomic mass is 9.86. The number of nitrogens with zero attached hydrogens (tertiary/aromatic N) is 3. The van der Waals surface area contributed by atoms with Crippen molar-refractivity contribution in [3.63, 3.8) is 0 Å². The zero-order valence-corrected chi connectivity index (χ0v) is 18.1. The number of benzene rings is 2. The van der Waals surface area contributed by atoms with Gasteiger partial charge in [0.1, 0.15) is 0 Å². The number of hydrogen-bond acceptors (Lipinski definition) is 6. The van der Waals surface area contributed by atoms with E-state index < -0.39 is 0 Å². The molecule has 2 aromatic carbocycles. The number of fused-ring (bicyclic) bond motifs is 1. The quantitative estimate of drug-likeness (QED) is 0.751. The van der Waals surface area contributed by atoms with Crippen molar-refractivity contribution in [1.29, 1.82) is 5.26 Å². The number of phenolic OH excluding ortho intramolecular Hbond substituents is 1. The molecule has 2 aliphatic heterocycles. The Bertz CT molecular complexity index is 1100. The molecule has 0 saturated carbocycles. The Labute approximate surface area is 184 Å². The number of aryl methyl sites for hydroxylation is 1. The molecule has 2 heterocycles. The molecule has 1 saturated heterocycles. The van der Waals surface area contributed by atoms with Gasteiger partial charge in [0.15, 0.2) is 11.5 Å². The zero-order chi connectivity index (χ0) is 21.4. The van der Waals surface area contributed by atoms with Gasteiger partial charge in [-0.3, -0.25) is 9.69 Å². The molecular formula is C22H20ClN3O3S. The van der Waals surface area contributed by atoms with E-state index in [1.165, 1.54) is 24.9 Å². The number of ether oxygens (including phenoxy) is 1. The van der Waals surface area contributed by atoms with Crippen LogP contribution in [-0.4, -0.2) is 35.6 Å². The Morgan fingerprint density at radius 1 is 1.30 bits per heavy atom. The number of anilines is 1. The molecule has 0 unspecified atom stereocenters. The van der Waals surface area contributed by atoms with E-state index in [4.69, 9.17) is 16.3 Å². The van der Waals surface area contributed by atoms with Gasteiger partial charge in [-0.25, -0.2) is 0 Å². The minimum Gasteiger partial charge on any atom is -0.504 e. The number of nitriles is 1. The lowest BCUT2D eigenvalue weighted by molar-refractivity contribution is -0.129. The van der Waals surface area contributed by atoms with Crippen molar-refractivity contribution in [3.05, 3.63) is 63.1 Å². The fourth-order valence-corrected chi connectivity index (χ4v) is 5.04. The monoisotopic (exact) mass is 441 g/mol. The predicted octanol–water partition coefficient (Wildman–Crippen LogP) is 4.58. The molecule has 154 valence electrons. The van der Waals surface area contributed by atoms with Gasteiger partial charge >= 0.3 is 0 Å². The maximum absolute atomic E-state index is 13.0. The molecule has 4 rings (SSSR count). The number of phenols is 1. The van der Waals surface area contributed by atoms with Crippen LogP contribution in [0.3, 0.4) is 0 Å². The van der Waals surface area contributed by atoms with Crippen LogP contribution in [0.5, 0.6) is 11.5 Å². The topological polar surface area (TPSA) is 76.8 Å². The third-order valence-corrected chi connectivity index (χ3v) is 6.98. The molecule has 8 heteroatoms. The smallest absolute Gasteiger partial charge is 0.229 e. The van der Waals surface area contributed by atoms with Crippen LogP contribution >= 0.6 is 23.4 Å². The average molecular weight is 442 g/mol. The highest BCUT2D eigenvalue weighted by Crippen LogP contribution is 2.44. The summed E-state index contributed by atoms with van der Waals surface area (Å²) in [4.78, 5) is 16.8. The number of hydrogen-bond donors (Lipinski definition) is 1. The van der Waals surface area contributed by atoms with E-state index in [0.717, 1.165) is 16.8 Å². The maximum Gasteiger partial charge on any atom is 0.229 e. The number of methoxy groups -OCH3 is 1. The lowest BCUT2D eigenvalue weighted by Gasteiger charge is -2.42. The maximum atomic E-state index is 13.0. The molecule has 6 nitrogen and oxygen atoms in total. The van der Waals surface area contributed by atoms with Gasteiger partial charge < -0.3 is 14.7 Å². The first-order chi connectivity index (χ1) is 14.4. The number of aromatic hydroxyl groups is 1. The number of carbonyl (C=O) groups is 1. The highest BCUT2D eigenvalue weighted by molar-refractivity contribution is 8.03. The second-order valence-corrected chi connectivity index (χ2v) is 8.57. The first-order valence-electron chi connectivity index (χ1n) is 9.38. The summed E-state index contributed by atoms with van der Waals surface area (Å²) >= 11 is 7.75. The zero-order valence-electron chi connectivity index (χ0n) is 16.6. The van der Waals surface area contributed by atoms with E-state index in [1.54, 1.807) is 17.0 Å². The van der Waals surface area contributed by atoms with E-state index in [9.17, 15) is 15.2 Å². The molecule has 2 aromatic rings. The molecule has 1 fully saturated rings. The van der Waals surface area contributed by atoms with E-state index in [2.05, 4.69) is 11.0 Å². The Balaban J connectivity index is 1.67. The molecule has 1 N–H and O–H groups in total. The van der Waals surface area contributed by atoms with E-state index in [0.29, 0.717) is 33.9 Å². The van der Waals surface area contributed by atoms with Crippen LogP contribution in [0.25, 0.3) is 0 Å². The number of rotatable bonds is 3. The molecule has 0 spiro atoms. The first-order valence-corrected chi connectivity index (χ1v) is 10.7. The van der Waals surface area contributed by atoms with Crippen LogP contribution in [0.4, 0.5) is 5.69 Å². The fraction of sp³-hybridized carbons (Fsp3) is 0.273. The summed E-state index contributed by atoms with van der Waals surface area (Å²) in [5, 5.41) is 21.2. The van der Waals surface area contributed by atoms with Crippen LogP contribution in [0.15, 0.2) is 47.0 Å². The Morgan fingerprint density at radius 2 is 2.10 bits per heavy atom. The highest BCUT2D eigenvalue weighted by atomic mass is 35.5. The number of thioether (sulfide) groups is 1. The molecular weight excluding hydrogens is 422 g/mol. The van der Waals surface area contributed by atoms with E-state index in [1.807, 2.05) is 25.1 Å². The third-order valence-electron chi connectivity index (χ3n) is 5.42. The van der Waals surface area contributed by atoms with Gasteiger partial charge in [-0.05, 0) is 42.3 Å². The summed E-state index contributed by atoms with van der Waals surface area (Å²) in [6.45, 7) is 2.32. The first kappa shape index (κ1) is 20.5. The molecule has 0 radical (unpaired) electrons. The van der Waals surface area contributed by atoms with Crippen molar-refractivity contribution < 1.29 is 14.6 Å². The van der Waals surface area contributed by atoms with Crippen molar-refractivity contribution in [2.45, 2.75) is 19.3 Å². The molecule has 0 aromatic heterocycles. The second kappa shape index (κ2) is 8.13. The van der Waals surface area contributed by atoms with Gasteiger partial charge in [-0.2, -0.15) is 5.26 Å². The summed E-state index contributed by atoms with van der Waals surface area (Å²) in [6, 6.07) is 13.1. The van der Waals surface area contributed by atoms with Crippen LogP contribution in [0.1, 0.15) is 23.5 Å². The standard InChI is InChI=1S/C22H20ClN3O3S/c1-13-3-5-15(8-18(13)23)25-11-26-21(28)9-16(17(10-24)22(26)30-12-25)14-4-6-19(27)20(7-14)29-2/h3-8,16,27H,9,11-12H2,1-2H3/t16-/m1/s1. The average Bonchev–Trinajstić information content (AvgIpc) is 2.75. The normalized spacial score (nSPS) is 18.9. The van der Waals surface area contributed by atoms with Crippen molar-refractivity contribution in [3.8, 4) is 17.6 Å². The number of allylic oxidation sites excluding steroid dienone is 1. The fourth-order valence-electron chi connectivity index (χ4n) is 3.70. The van der Waals surface area contributed by atoms with Crippen molar-refractivity contribution in [2.75, 3.05) is 24.6 Å². The highest BCUT2D eigenvalue weighted by Gasteiger charge is 2.38. The van der Waals surface area contributed by atoms with Gasteiger partial charge in [0.25, 0.3) is 0 Å². The molecule has 30 heavy (non-hydrogen) atoms. The SMILES string of the molecule is COc1cc([C@H]2CC(=O)N3CN(c4ccc(C)c(Cl)c4)CSC3=C2C#N)ccc1O. The summed E-state index contributed by atoms with van der Waals surface area (Å²) in [5.41, 5.74) is 3.27. The van der Waals surface area contributed by atoms with Crippen LogP contribution in [0, 0.1) is 18.3 Å². The Hall–Kier alpha value is -2.82. The van der Waals surface area contributed by atoms with Crippen LogP contribution < -0.4 is 9.64 Å². The lowest BCUT2D eigenvalue weighted by Crippen LogP contribution is -2.47. The van der Waals surface area contributed by atoms with Gasteiger partial charge in [-0.15, -0.1) is 0 Å². The van der Waals surface area contributed by atoms with Gasteiger partial charge in [0.2, 0.25) is 5.91 Å². The summed E-state index contributed by atoms with van der Waals surface area (Å²) < 4.78 is 5.19. The van der Waals surface area contributed by atoms with Crippen LogP contribution in [-0.2, 0) is 4.79 Å². The van der Waals surface area contributed by atoms with Crippen molar-refractivity contribution in [2.24, 2.45) is 0 Å². The predicted molar refractivity (Wildman–Crippen MR) is 117 cm³/mol. The Morgan fingerprint density at radius 3 is 2.80 bits per heavy atom. The summed E-state index contributed by atoms with van der Waals surface area (Å²) in [7, 11) is 1.47. The van der Waals surface area contributed by atoms with Gasteiger partial charge in [-0.1, -0.05) is 35.5 Å². The summed E-state index contributed by atoms with van der Waals surface area (Å²) in [5.74, 6) is 0.543.